The molecule has 4 nitrogen and oxygen atoms in total. The zero-order chi connectivity index (χ0) is 14.6. The first kappa shape index (κ1) is 15.3. The van der Waals surface area contributed by atoms with Crippen LogP contribution in [-0.4, -0.2) is 18.1 Å². The van der Waals surface area contributed by atoms with Gasteiger partial charge in [0.25, 0.3) is 0 Å². The number of carbonyl (C=O) groups is 1. The molecule has 20 heavy (non-hydrogen) atoms. The molecule has 0 atom stereocenters. The summed E-state index contributed by atoms with van der Waals surface area (Å²) in [6.45, 7) is 0. The minimum atomic E-state index is -0.458. The lowest BCUT2D eigenvalue weighted by Crippen LogP contribution is -2.52. The number of hydrogen-bond donors (Lipinski definition) is 3. The first-order valence-corrected chi connectivity index (χ1v) is 7.83. The van der Waals surface area contributed by atoms with E-state index in [0.29, 0.717) is 5.11 Å². The number of benzene rings is 1. The van der Waals surface area contributed by atoms with Gasteiger partial charge in [-0.2, -0.15) is 0 Å². The average Bonchev–Trinajstić information content (AvgIpc) is 2.95. The van der Waals surface area contributed by atoms with Crippen LogP contribution in [0.5, 0.6) is 0 Å². The van der Waals surface area contributed by atoms with Gasteiger partial charge in [0.1, 0.15) is 0 Å². The second-order valence-corrected chi connectivity index (χ2v) is 6.28. The van der Waals surface area contributed by atoms with E-state index in [-0.39, 0.29) is 5.91 Å². The van der Waals surface area contributed by atoms with Crippen molar-refractivity contribution in [2.75, 3.05) is 7.05 Å². The Hall–Kier alpha value is -1.14. The van der Waals surface area contributed by atoms with E-state index in [2.05, 4.69) is 32.1 Å². The molecule has 6 heteroatoms. The molecule has 0 saturated heterocycles. The summed E-state index contributed by atoms with van der Waals surface area (Å²) in [5.74, 6) is -0.0225. The third-order valence-electron chi connectivity index (χ3n) is 3.79. The van der Waals surface area contributed by atoms with E-state index >= 15 is 0 Å². The molecule has 108 valence electrons. The van der Waals surface area contributed by atoms with Gasteiger partial charge in [0.2, 0.25) is 5.91 Å². The fourth-order valence-electron chi connectivity index (χ4n) is 2.71. The monoisotopic (exact) mass is 355 g/mol. The Morgan fingerprint density at radius 2 is 2.00 bits per heavy atom. The molecule has 0 spiro atoms. The summed E-state index contributed by atoms with van der Waals surface area (Å²) >= 11 is 8.46. The highest BCUT2D eigenvalue weighted by molar-refractivity contribution is 9.10. The zero-order valence-corrected chi connectivity index (χ0v) is 13.7. The van der Waals surface area contributed by atoms with E-state index in [4.69, 9.17) is 12.2 Å². The summed E-state index contributed by atoms with van der Waals surface area (Å²) in [5, 5.41) is 3.17. The van der Waals surface area contributed by atoms with Crippen LogP contribution in [0.4, 0.5) is 0 Å². The standard InChI is InChI=1S/C14H18BrN3OS/c1-16-13(20)18-17-12(19)14(7-2-3-8-14)10-5-4-6-11(15)9-10/h4-6,9H,2-3,7-8H2,1H3,(H,17,19)(H2,16,18,20). The largest absolute Gasteiger partial charge is 0.364 e. The Morgan fingerprint density at radius 1 is 1.30 bits per heavy atom. The van der Waals surface area contributed by atoms with E-state index in [1.165, 1.54) is 0 Å². The molecule has 1 fully saturated rings. The first-order chi connectivity index (χ1) is 9.58. The third-order valence-corrected chi connectivity index (χ3v) is 4.59. The van der Waals surface area contributed by atoms with Crippen LogP contribution in [0.25, 0.3) is 0 Å². The summed E-state index contributed by atoms with van der Waals surface area (Å²) in [7, 11) is 1.71. The highest BCUT2D eigenvalue weighted by atomic mass is 79.9. The van der Waals surface area contributed by atoms with E-state index in [9.17, 15) is 4.79 Å². The van der Waals surface area contributed by atoms with Crippen LogP contribution in [0.1, 0.15) is 31.2 Å². The van der Waals surface area contributed by atoms with Gasteiger partial charge in [-0.25, -0.2) is 0 Å². The Balaban J connectivity index is 2.21. The smallest absolute Gasteiger partial charge is 0.249 e. The van der Waals surface area contributed by atoms with Crippen LogP contribution in [0.3, 0.4) is 0 Å². The van der Waals surface area contributed by atoms with Crippen molar-refractivity contribution in [3.8, 4) is 0 Å². The number of hydrazine groups is 1. The fraction of sp³-hybridized carbons (Fsp3) is 0.429. The van der Waals surface area contributed by atoms with Crippen molar-refractivity contribution in [3.05, 3.63) is 34.3 Å². The Kier molecular flexibility index (Phi) is 4.99. The summed E-state index contributed by atoms with van der Waals surface area (Å²) in [6, 6.07) is 7.99. The SMILES string of the molecule is CNC(=S)NNC(=O)C1(c2cccc(Br)c2)CCCC1. The van der Waals surface area contributed by atoms with Gasteiger partial charge in [0.15, 0.2) is 5.11 Å². The number of hydrogen-bond acceptors (Lipinski definition) is 2. The number of halogens is 1. The number of thiocarbonyl (C=S) groups is 1. The molecule has 1 amide bonds. The van der Waals surface area contributed by atoms with Crippen LogP contribution in [0.15, 0.2) is 28.7 Å². The van der Waals surface area contributed by atoms with Gasteiger partial charge >= 0.3 is 0 Å². The van der Waals surface area contributed by atoms with E-state index in [1.54, 1.807) is 7.05 Å². The normalized spacial score (nSPS) is 16.5. The molecular weight excluding hydrogens is 338 g/mol. The van der Waals surface area contributed by atoms with E-state index < -0.39 is 5.41 Å². The molecular formula is C14H18BrN3OS. The second kappa shape index (κ2) is 6.54. The van der Waals surface area contributed by atoms with E-state index in [1.807, 2.05) is 24.3 Å². The molecule has 1 aromatic carbocycles. The summed E-state index contributed by atoms with van der Waals surface area (Å²) in [6.07, 6.45) is 3.86. The molecule has 1 saturated carbocycles. The number of carbonyl (C=O) groups excluding carboxylic acids is 1. The highest BCUT2D eigenvalue weighted by Gasteiger charge is 2.42. The minimum absolute atomic E-state index is 0.0225. The summed E-state index contributed by atoms with van der Waals surface area (Å²) in [4.78, 5) is 12.6. The summed E-state index contributed by atoms with van der Waals surface area (Å²) < 4.78 is 0.993. The zero-order valence-electron chi connectivity index (χ0n) is 11.3. The summed E-state index contributed by atoms with van der Waals surface area (Å²) in [5.41, 5.74) is 6.05. The molecule has 0 aromatic heterocycles. The van der Waals surface area contributed by atoms with Crippen molar-refractivity contribution >= 4 is 39.2 Å². The van der Waals surface area contributed by atoms with Crippen LogP contribution in [0, 0.1) is 0 Å². The Morgan fingerprint density at radius 3 is 2.60 bits per heavy atom. The molecule has 3 N–H and O–H groups in total. The fourth-order valence-corrected chi connectivity index (χ4v) is 3.16. The van der Waals surface area contributed by atoms with E-state index in [0.717, 1.165) is 35.7 Å². The quantitative estimate of drug-likeness (QED) is 0.563. The van der Waals surface area contributed by atoms with Gasteiger partial charge < -0.3 is 5.32 Å². The van der Waals surface area contributed by atoms with Gasteiger partial charge in [-0.05, 0) is 42.8 Å². The van der Waals surface area contributed by atoms with Gasteiger partial charge in [0, 0.05) is 11.5 Å². The van der Waals surface area contributed by atoms with Gasteiger partial charge in [0.05, 0.1) is 5.41 Å². The molecule has 0 radical (unpaired) electrons. The molecule has 1 aliphatic carbocycles. The first-order valence-electron chi connectivity index (χ1n) is 6.63. The van der Waals surface area contributed by atoms with Crippen LogP contribution in [0.2, 0.25) is 0 Å². The molecule has 2 rings (SSSR count). The van der Waals surface area contributed by atoms with Crippen molar-refractivity contribution in [2.45, 2.75) is 31.1 Å². The predicted molar refractivity (Wildman–Crippen MR) is 87.2 cm³/mol. The number of rotatable bonds is 2. The van der Waals surface area contributed by atoms with Gasteiger partial charge in [-0.1, -0.05) is 40.9 Å². The molecule has 0 aliphatic heterocycles. The maximum Gasteiger partial charge on any atom is 0.249 e. The van der Waals surface area contributed by atoms with Crippen LogP contribution >= 0.6 is 28.1 Å². The molecule has 0 heterocycles. The molecule has 0 bridgehead atoms. The van der Waals surface area contributed by atoms with Crippen molar-refractivity contribution in [3.63, 3.8) is 0 Å². The van der Waals surface area contributed by atoms with Gasteiger partial charge in [-0.15, -0.1) is 0 Å². The van der Waals surface area contributed by atoms with Crippen molar-refractivity contribution < 1.29 is 4.79 Å². The third kappa shape index (κ3) is 3.12. The van der Waals surface area contributed by atoms with Crippen LogP contribution < -0.4 is 16.2 Å². The predicted octanol–water partition coefficient (Wildman–Crippen LogP) is 2.39. The Labute approximate surface area is 132 Å². The van der Waals surface area contributed by atoms with Gasteiger partial charge in [-0.3, -0.25) is 15.6 Å². The minimum Gasteiger partial charge on any atom is -0.364 e. The molecule has 1 aliphatic rings. The molecule has 0 unspecified atom stereocenters. The lowest BCUT2D eigenvalue weighted by atomic mass is 9.78. The maximum absolute atomic E-state index is 12.6. The average molecular weight is 356 g/mol. The number of amides is 1. The van der Waals surface area contributed by atoms with Crippen LogP contribution in [-0.2, 0) is 10.2 Å². The Bertz CT molecular complexity index is 515. The number of nitrogens with one attached hydrogen (secondary N) is 3. The van der Waals surface area contributed by atoms with Crippen molar-refractivity contribution in [1.29, 1.82) is 0 Å². The lowest BCUT2D eigenvalue weighted by molar-refractivity contribution is -0.127. The highest BCUT2D eigenvalue weighted by Crippen LogP contribution is 2.41. The maximum atomic E-state index is 12.6. The van der Waals surface area contributed by atoms with Crippen molar-refractivity contribution in [2.24, 2.45) is 0 Å². The van der Waals surface area contributed by atoms with Crippen molar-refractivity contribution in [1.82, 2.24) is 16.2 Å². The second-order valence-electron chi connectivity index (χ2n) is 4.96. The lowest BCUT2D eigenvalue weighted by Gasteiger charge is -2.28. The topological polar surface area (TPSA) is 53.2 Å². The molecule has 1 aromatic rings.